The van der Waals surface area contributed by atoms with E-state index in [0.717, 1.165) is 13.0 Å². The molecule has 1 unspecified atom stereocenters. The van der Waals surface area contributed by atoms with Crippen LogP contribution in [0.25, 0.3) is 0 Å². The van der Waals surface area contributed by atoms with E-state index in [1.165, 1.54) is 0 Å². The second kappa shape index (κ2) is 10.2. The predicted octanol–water partition coefficient (Wildman–Crippen LogP) is 3.63. The summed E-state index contributed by atoms with van der Waals surface area (Å²) in [6, 6.07) is 4.04. The third kappa shape index (κ3) is 6.58. The number of halogens is 2. The summed E-state index contributed by atoms with van der Waals surface area (Å²) in [6.45, 7) is 2.31. The highest BCUT2D eigenvalue weighted by Gasteiger charge is 2.32. The summed E-state index contributed by atoms with van der Waals surface area (Å²) in [5.74, 6) is 0.845. The summed E-state index contributed by atoms with van der Waals surface area (Å²) >= 11 is 13.0. The maximum Gasteiger partial charge on any atom is 0.343 e. The molecule has 0 aliphatic carbocycles. The molecule has 0 amide bonds. The Morgan fingerprint density at radius 1 is 1.26 bits per heavy atom. The fraction of sp³-hybridized carbons (Fsp3) is 0.636. The van der Waals surface area contributed by atoms with Crippen molar-refractivity contribution in [3.63, 3.8) is 0 Å². The van der Waals surface area contributed by atoms with Crippen molar-refractivity contribution in [2.45, 2.75) is 6.42 Å². The van der Waals surface area contributed by atoms with Crippen molar-refractivity contribution in [3.05, 3.63) is 22.9 Å². The van der Waals surface area contributed by atoms with Crippen LogP contribution < -0.4 is 5.09 Å². The molecule has 1 fully saturated rings. The van der Waals surface area contributed by atoms with Crippen molar-refractivity contribution in [1.82, 2.24) is 9.76 Å². The Morgan fingerprint density at radius 2 is 1.89 bits per heavy atom. The lowest BCUT2D eigenvalue weighted by atomic mass is 10.5. The number of thiophene rings is 1. The zero-order valence-corrected chi connectivity index (χ0v) is 13.9. The fourth-order valence-corrected chi connectivity index (χ4v) is 4.60. The summed E-state index contributed by atoms with van der Waals surface area (Å²) in [4.78, 5) is 0. The molecule has 1 aliphatic heterocycles. The fourth-order valence-electron chi connectivity index (χ4n) is 1.51. The Balaban J connectivity index is 0.000000300. The first kappa shape index (κ1) is 17.4. The van der Waals surface area contributed by atoms with Crippen LogP contribution >= 0.6 is 42.2 Å². The van der Waals surface area contributed by atoms with Gasteiger partial charge in [-0.15, -0.1) is 23.2 Å². The maximum absolute atomic E-state index is 12.2. The lowest BCUT2D eigenvalue weighted by Crippen LogP contribution is -2.35. The van der Waals surface area contributed by atoms with Gasteiger partial charge in [0.2, 0.25) is 0 Å². The van der Waals surface area contributed by atoms with Gasteiger partial charge >= 0.3 is 7.67 Å². The molecule has 1 aliphatic rings. The second-order valence-electron chi connectivity index (χ2n) is 3.74. The molecule has 1 N–H and O–H groups in total. The Morgan fingerprint density at radius 3 is 2.26 bits per heavy atom. The SMILES string of the molecule is O=P1(N(CCCl)CCCl)NCCCO1.c1ccsc1. The van der Waals surface area contributed by atoms with Gasteiger partial charge in [-0.2, -0.15) is 11.3 Å². The second-order valence-corrected chi connectivity index (χ2v) is 7.49. The van der Waals surface area contributed by atoms with E-state index in [9.17, 15) is 4.57 Å². The molecule has 8 heteroatoms. The highest BCUT2D eigenvalue weighted by atomic mass is 35.5. The first-order valence-electron chi connectivity index (χ1n) is 6.07. The molecule has 19 heavy (non-hydrogen) atoms. The topological polar surface area (TPSA) is 41.6 Å². The minimum atomic E-state index is -2.84. The average Bonchev–Trinajstić information content (AvgIpc) is 2.98. The first-order chi connectivity index (χ1) is 9.23. The van der Waals surface area contributed by atoms with Crippen molar-refractivity contribution >= 4 is 42.2 Å². The van der Waals surface area contributed by atoms with Gasteiger partial charge in [-0.1, -0.05) is 12.1 Å². The van der Waals surface area contributed by atoms with Gasteiger partial charge in [0.05, 0.1) is 6.61 Å². The van der Waals surface area contributed by atoms with E-state index in [-0.39, 0.29) is 0 Å². The highest BCUT2D eigenvalue weighted by molar-refractivity contribution is 7.54. The summed E-state index contributed by atoms with van der Waals surface area (Å²) < 4.78 is 19.2. The normalized spacial score (nSPS) is 22.9. The number of alkyl halides is 2. The quantitative estimate of drug-likeness (QED) is 0.654. The van der Waals surface area contributed by atoms with Crippen molar-refractivity contribution in [2.75, 3.05) is 38.0 Å². The van der Waals surface area contributed by atoms with Crippen LogP contribution in [0.15, 0.2) is 22.9 Å². The average molecular weight is 345 g/mol. The van der Waals surface area contributed by atoms with Gasteiger partial charge in [0.1, 0.15) is 0 Å². The zero-order chi connectivity index (χ0) is 14.0. The van der Waals surface area contributed by atoms with Gasteiger partial charge in [0.25, 0.3) is 0 Å². The van der Waals surface area contributed by atoms with E-state index < -0.39 is 7.67 Å². The number of hydrogen-bond donors (Lipinski definition) is 1. The molecule has 0 saturated carbocycles. The smallest absolute Gasteiger partial charge is 0.306 e. The third-order valence-electron chi connectivity index (χ3n) is 2.38. The summed E-state index contributed by atoms with van der Waals surface area (Å²) in [5, 5.41) is 6.99. The summed E-state index contributed by atoms with van der Waals surface area (Å²) in [6.07, 6.45) is 0.888. The van der Waals surface area contributed by atoms with Crippen molar-refractivity contribution < 1.29 is 9.09 Å². The molecule has 2 heterocycles. The lowest BCUT2D eigenvalue weighted by molar-refractivity contribution is 0.233. The van der Waals surface area contributed by atoms with Crippen molar-refractivity contribution in [1.29, 1.82) is 0 Å². The third-order valence-corrected chi connectivity index (χ3v) is 5.65. The molecule has 1 aromatic heterocycles. The number of rotatable bonds is 5. The molecule has 4 nitrogen and oxygen atoms in total. The molecule has 0 aromatic carbocycles. The van der Waals surface area contributed by atoms with Gasteiger partial charge in [-0.25, -0.2) is 9.76 Å². The predicted molar refractivity (Wildman–Crippen MR) is 83.5 cm³/mol. The van der Waals surface area contributed by atoms with Crippen LogP contribution in [-0.4, -0.2) is 42.7 Å². The molecule has 1 atom stereocenters. The van der Waals surface area contributed by atoms with Crippen LogP contribution in [0.5, 0.6) is 0 Å². The molecule has 110 valence electrons. The van der Waals surface area contributed by atoms with Crippen LogP contribution in [0, 0.1) is 0 Å². The van der Waals surface area contributed by atoms with Crippen LogP contribution in [0.4, 0.5) is 0 Å². The number of nitrogens with zero attached hydrogens (tertiary/aromatic N) is 1. The van der Waals surface area contributed by atoms with E-state index >= 15 is 0 Å². The Hall–Kier alpha value is 0.390. The standard InChI is InChI=1S/C7H15Cl2N2O2P.C4H4S/c8-2-5-11(6-3-9)14(12)10-4-1-7-13-14;1-2-4-5-3-1/h1-7H2,(H,10,12);1-4H. The highest BCUT2D eigenvalue weighted by Crippen LogP contribution is 2.47. The molecule has 1 saturated heterocycles. The van der Waals surface area contributed by atoms with Gasteiger partial charge < -0.3 is 4.52 Å². The maximum atomic E-state index is 12.2. The van der Waals surface area contributed by atoms with E-state index in [1.54, 1.807) is 16.0 Å². The molecular formula is C11H19Cl2N2O2PS. The van der Waals surface area contributed by atoms with E-state index in [2.05, 4.69) is 5.09 Å². The van der Waals surface area contributed by atoms with Crippen LogP contribution in [0.2, 0.25) is 0 Å². The van der Waals surface area contributed by atoms with E-state index in [4.69, 9.17) is 27.7 Å². The largest absolute Gasteiger partial charge is 0.343 e. The Labute approximate surface area is 128 Å². The van der Waals surface area contributed by atoms with Crippen molar-refractivity contribution in [2.24, 2.45) is 0 Å². The minimum Gasteiger partial charge on any atom is -0.306 e. The molecular weight excluding hydrogens is 326 g/mol. The van der Waals surface area contributed by atoms with Gasteiger partial charge in [-0.05, 0) is 17.2 Å². The van der Waals surface area contributed by atoms with Gasteiger partial charge in [0, 0.05) is 31.4 Å². The van der Waals surface area contributed by atoms with Gasteiger partial charge in [-0.3, -0.25) is 4.57 Å². The summed E-state index contributed by atoms with van der Waals surface area (Å²) in [7, 11) is -2.84. The minimum absolute atomic E-state index is 0.423. The van der Waals surface area contributed by atoms with Crippen molar-refractivity contribution in [3.8, 4) is 0 Å². The monoisotopic (exact) mass is 344 g/mol. The van der Waals surface area contributed by atoms with E-state index in [1.807, 2.05) is 22.9 Å². The van der Waals surface area contributed by atoms with Crippen LogP contribution in [-0.2, 0) is 9.09 Å². The zero-order valence-electron chi connectivity index (χ0n) is 10.6. The molecule has 0 bridgehead atoms. The first-order valence-corrected chi connectivity index (χ1v) is 9.66. The Kier molecular flexibility index (Phi) is 9.33. The van der Waals surface area contributed by atoms with Gasteiger partial charge in [0.15, 0.2) is 0 Å². The number of nitrogens with one attached hydrogen (secondary N) is 1. The van der Waals surface area contributed by atoms with Crippen LogP contribution in [0.3, 0.4) is 0 Å². The van der Waals surface area contributed by atoms with E-state index in [0.29, 0.717) is 31.5 Å². The summed E-state index contributed by atoms with van der Waals surface area (Å²) in [5.41, 5.74) is 0. The molecule has 0 spiro atoms. The Bertz CT molecular complexity index is 334. The van der Waals surface area contributed by atoms with Crippen LogP contribution in [0.1, 0.15) is 6.42 Å². The number of hydrogen-bond acceptors (Lipinski definition) is 3. The molecule has 0 radical (unpaired) electrons. The lowest BCUT2D eigenvalue weighted by Gasteiger charge is -2.33. The molecule has 2 rings (SSSR count). The molecule has 1 aromatic rings.